The number of carbonyl (C=O) groups is 1. The molecule has 0 aliphatic heterocycles. The first-order valence-electron chi connectivity index (χ1n) is 7.32. The molecule has 0 aliphatic carbocycles. The summed E-state index contributed by atoms with van der Waals surface area (Å²) in [6, 6.07) is 10.0. The Morgan fingerprint density at radius 2 is 1.90 bits per heavy atom. The van der Waals surface area contributed by atoms with E-state index in [0.29, 0.717) is 19.4 Å². The SMILES string of the molecule is CCC(O)CCNC(=O)NC(C)C(C)c1ccccc1. The highest BCUT2D eigenvalue weighted by atomic mass is 16.3. The molecule has 1 rings (SSSR count). The fourth-order valence-corrected chi connectivity index (χ4v) is 1.98. The van der Waals surface area contributed by atoms with Gasteiger partial charge in [-0.05, 0) is 25.3 Å². The van der Waals surface area contributed by atoms with Crippen molar-refractivity contribution < 1.29 is 9.90 Å². The maximum atomic E-state index is 11.8. The summed E-state index contributed by atoms with van der Waals surface area (Å²) >= 11 is 0. The van der Waals surface area contributed by atoms with Gasteiger partial charge in [0.2, 0.25) is 0 Å². The van der Waals surface area contributed by atoms with Gasteiger partial charge in [0.25, 0.3) is 0 Å². The van der Waals surface area contributed by atoms with Gasteiger partial charge < -0.3 is 15.7 Å². The van der Waals surface area contributed by atoms with Crippen molar-refractivity contribution in [3.8, 4) is 0 Å². The molecule has 0 spiro atoms. The highest BCUT2D eigenvalue weighted by Crippen LogP contribution is 2.18. The van der Waals surface area contributed by atoms with Gasteiger partial charge in [-0.25, -0.2) is 4.79 Å². The van der Waals surface area contributed by atoms with Crippen molar-refractivity contribution >= 4 is 6.03 Å². The van der Waals surface area contributed by atoms with Crippen LogP contribution in [0, 0.1) is 0 Å². The third-order valence-electron chi connectivity index (χ3n) is 3.67. The van der Waals surface area contributed by atoms with E-state index in [9.17, 15) is 9.90 Å². The lowest BCUT2D eigenvalue weighted by Crippen LogP contribution is -2.43. The lowest BCUT2D eigenvalue weighted by Gasteiger charge is -2.22. The van der Waals surface area contributed by atoms with E-state index < -0.39 is 0 Å². The Balaban J connectivity index is 2.34. The molecule has 4 heteroatoms. The molecule has 4 nitrogen and oxygen atoms in total. The van der Waals surface area contributed by atoms with Crippen molar-refractivity contribution in [1.82, 2.24) is 10.6 Å². The van der Waals surface area contributed by atoms with Crippen LogP contribution in [0.3, 0.4) is 0 Å². The molecule has 0 bridgehead atoms. The topological polar surface area (TPSA) is 61.4 Å². The third-order valence-corrected chi connectivity index (χ3v) is 3.67. The van der Waals surface area contributed by atoms with Gasteiger partial charge in [-0.1, -0.05) is 44.2 Å². The summed E-state index contributed by atoms with van der Waals surface area (Å²) in [5.74, 6) is 0.253. The molecule has 0 radical (unpaired) electrons. The van der Waals surface area contributed by atoms with Gasteiger partial charge in [-0.3, -0.25) is 0 Å². The number of hydrogen-bond donors (Lipinski definition) is 3. The molecule has 0 saturated heterocycles. The molecule has 2 amide bonds. The second-order valence-corrected chi connectivity index (χ2v) is 5.24. The Bertz CT molecular complexity index is 395. The molecule has 0 aromatic heterocycles. The highest BCUT2D eigenvalue weighted by molar-refractivity contribution is 5.74. The second kappa shape index (κ2) is 8.59. The maximum absolute atomic E-state index is 11.8. The van der Waals surface area contributed by atoms with E-state index in [2.05, 4.69) is 29.7 Å². The van der Waals surface area contributed by atoms with Gasteiger partial charge in [0.05, 0.1) is 6.10 Å². The van der Waals surface area contributed by atoms with E-state index in [1.807, 2.05) is 32.0 Å². The minimum atomic E-state index is -0.337. The Labute approximate surface area is 121 Å². The molecular formula is C16H26N2O2. The average Bonchev–Trinajstić information content (AvgIpc) is 2.47. The van der Waals surface area contributed by atoms with Crippen LogP contribution in [0.2, 0.25) is 0 Å². The van der Waals surface area contributed by atoms with E-state index in [-0.39, 0.29) is 24.1 Å². The van der Waals surface area contributed by atoms with Crippen molar-refractivity contribution in [2.24, 2.45) is 0 Å². The van der Waals surface area contributed by atoms with Crippen molar-refractivity contribution in [3.63, 3.8) is 0 Å². The lowest BCUT2D eigenvalue weighted by atomic mass is 9.95. The van der Waals surface area contributed by atoms with E-state index >= 15 is 0 Å². The molecule has 1 aromatic rings. The fraction of sp³-hybridized carbons (Fsp3) is 0.562. The number of hydrogen-bond acceptors (Lipinski definition) is 2. The number of benzene rings is 1. The number of amides is 2. The molecule has 0 heterocycles. The Hall–Kier alpha value is -1.55. The van der Waals surface area contributed by atoms with Gasteiger partial charge in [-0.15, -0.1) is 0 Å². The minimum Gasteiger partial charge on any atom is -0.393 e. The van der Waals surface area contributed by atoms with Crippen LogP contribution in [0.4, 0.5) is 4.79 Å². The van der Waals surface area contributed by atoms with Crippen LogP contribution in [-0.4, -0.2) is 29.8 Å². The van der Waals surface area contributed by atoms with Gasteiger partial charge in [-0.2, -0.15) is 0 Å². The quantitative estimate of drug-likeness (QED) is 0.718. The molecule has 0 aliphatic rings. The summed E-state index contributed by atoms with van der Waals surface area (Å²) in [5, 5.41) is 15.1. The van der Waals surface area contributed by atoms with Crippen LogP contribution in [0.25, 0.3) is 0 Å². The third kappa shape index (κ3) is 5.61. The summed E-state index contributed by atoms with van der Waals surface area (Å²) in [5.41, 5.74) is 1.21. The van der Waals surface area contributed by atoms with E-state index in [0.717, 1.165) is 0 Å². The number of nitrogens with one attached hydrogen (secondary N) is 2. The number of urea groups is 1. The first kappa shape index (κ1) is 16.5. The highest BCUT2D eigenvalue weighted by Gasteiger charge is 2.16. The lowest BCUT2D eigenvalue weighted by molar-refractivity contribution is 0.160. The Kier molecular flexibility index (Phi) is 7.09. The van der Waals surface area contributed by atoms with Crippen LogP contribution >= 0.6 is 0 Å². The van der Waals surface area contributed by atoms with Crippen LogP contribution in [0.5, 0.6) is 0 Å². The van der Waals surface area contributed by atoms with E-state index in [1.165, 1.54) is 5.56 Å². The number of rotatable bonds is 7. The molecule has 20 heavy (non-hydrogen) atoms. The van der Waals surface area contributed by atoms with Gasteiger partial charge >= 0.3 is 6.03 Å². The van der Waals surface area contributed by atoms with Crippen LogP contribution in [0.1, 0.15) is 45.1 Å². The summed E-state index contributed by atoms with van der Waals surface area (Å²) < 4.78 is 0. The molecule has 112 valence electrons. The molecule has 0 saturated carbocycles. The van der Waals surface area contributed by atoms with E-state index in [1.54, 1.807) is 0 Å². The normalized spacial score (nSPS) is 15.2. The van der Waals surface area contributed by atoms with Gasteiger partial charge in [0, 0.05) is 18.5 Å². The van der Waals surface area contributed by atoms with Crippen molar-refractivity contribution in [1.29, 1.82) is 0 Å². The molecular weight excluding hydrogens is 252 g/mol. The smallest absolute Gasteiger partial charge is 0.315 e. The summed E-state index contributed by atoms with van der Waals surface area (Å²) in [6.45, 7) is 6.51. The predicted molar refractivity (Wildman–Crippen MR) is 81.8 cm³/mol. The van der Waals surface area contributed by atoms with E-state index in [4.69, 9.17) is 0 Å². The molecule has 3 N–H and O–H groups in total. The standard InChI is InChI=1S/C16H26N2O2/c1-4-15(19)10-11-17-16(20)18-13(3)12(2)14-8-6-5-7-9-14/h5-9,12-13,15,19H,4,10-11H2,1-3H3,(H2,17,18,20). The Morgan fingerprint density at radius 3 is 2.50 bits per heavy atom. The molecule has 3 unspecified atom stereocenters. The molecule has 0 fully saturated rings. The van der Waals surface area contributed by atoms with Crippen LogP contribution in [-0.2, 0) is 0 Å². The number of aliphatic hydroxyl groups excluding tert-OH is 1. The summed E-state index contributed by atoms with van der Waals surface area (Å²) in [7, 11) is 0. The van der Waals surface area contributed by atoms with Crippen molar-refractivity contribution in [2.75, 3.05) is 6.54 Å². The monoisotopic (exact) mass is 278 g/mol. The zero-order valence-corrected chi connectivity index (χ0v) is 12.6. The van der Waals surface area contributed by atoms with Gasteiger partial charge in [0.1, 0.15) is 0 Å². The molecule has 1 aromatic carbocycles. The second-order valence-electron chi connectivity index (χ2n) is 5.24. The zero-order valence-electron chi connectivity index (χ0n) is 12.6. The fourth-order valence-electron chi connectivity index (χ4n) is 1.98. The minimum absolute atomic E-state index is 0.0495. The largest absolute Gasteiger partial charge is 0.393 e. The predicted octanol–water partition coefficient (Wildman–Crippen LogP) is 2.64. The first-order valence-corrected chi connectivity index (χ1v) is 7.32. The summed E-state index contributed by atoms with van der Waals surface area (Å²) in [4.78, 5) is 11.8. The van der Waals surface area contributed by atoms with Gasteiger partial charge in [0.15, 0.2) is 0 Å². The maximum Gasteiger partial charge on any atom is 0.315 e. The molecule has 3 atom stereocenters. The average molecular weight is 278 g/mol. The number of aliphatic hydroxyl groups is 1. The van der Waals surface area contributed by atoms with Crippen LogP contribution in [0.15, 0.2) is 30.3 Å². The van der Waals surface area contributed by atoms with Crippen LogP contribution < -0.4 is 10.6 Å². The number of carbonyl (C=O) groups excluding carboxylic acids is 1. The van der Waals surface area contributed by atoms with Crippen molar-refractivity contribution in [3.05, 3.63) is 35.9 Å². The Morgan fingerprint density at radius 1 is 1.25 bits per heavy atom. The zero-order chi connectivity index (χ0) is 15.0. The summed E-state index contributed by atoms with van der Waals surface area (Å²) in [6.07, 6.45) is 0.966. The first-order chi connectivity index (χ1) is 9.54. The van der Waals surface area contributed by atoms with Crippen molar-refractivity contribution in [2.45, 2.75) is 51.7 Å².